The third-order valence-electron chi connectivity index (χ3n) is 5.57. The Morgan fingerprint density at radius 2 is 1.75 bits per heavy atom. The van der Waals surface area contributed by atoms with E-state index in [4.69, 9.17) is 18.6 Å². The van der Waals surface area contributed by atoms with Crippen molar-refractivity contribution in [1.29, 1.82) is 0 Å². The van der Waals surface area contributed by atoms with E-state index in [0.29, 0.717) is 17.2 Å². The number of hydrogen-bond donors (Lipinski definition) is 0. The molecule has 0 amide bonds. The number of likely N-dealkylation sites (tertiary alicyclic amines) is 1. The Morgan fingerprint density at radius 1 is 1.00 bits per heavy atom. The van der Waals surface area contributed by atoms with Crippen LogP contribution in [0.2, 0.25) is 0 Å². The minimum absolute atomic E-state index is 0.271. The maximum absolute atomic E-state index is 6.04. The van der Waals surface area contributed by atoms with E-state index in [0.717, 1.165) is 36.2 Å². The molecular formula is C23H27NO4. The molecular weight excluding hydrogens is 354 g/mol. The average molecular weight is 381 g/mol. The quantitative estimate of drug-likeness (QED) is 0.588. The van der Waals surface area contributed by atoms with Crippen LogP contribution in [0.5, 0.6) is 17.2 Å². The lowest BCUT2D eigenvalue weighted by molar-refractivity contribution is 0.123. The standard InChI is InChI=1S/C23H27NO4/c1-25-20-12-16(13-21(26-2)23(20)27-3)14-24-11-7-6-10-19(24)22-18-9-5-4-8-17(18)15-28-22/h4-5,8-9,12-13,15,19H,6-7,10-11,14H2,1-3H3. The van der Waals surface area contributed by atoms with Crippen LogP contribution in [-0.4, -0.2) is 32.8 Å². The van der Waals surface area contributed by atoms with Crippen LogP contribution in [0.4, 0.5) is 0 Å². The summed E-state index contributed by atoms with van der Waals surface area (Å²) >= 11 is 0. The van der Waals surface area contributed by atoms with Gasteiger partial charge in [0, 0.05) is 17.3 Å². The van der Waals surface area contributed by atoms with E-state index in [2.05, 4.69) is 29.2 Å². The first kappa shape index (κ1) is 18.7. The van der Waals surface area contributed by atoms with E-state index in [1.165, 1.54) is 18.2 Å². The zero-order valence-corrected chi connectivity index (χ0v) is 16.7. The van der Waals surface area contributed by atoms with Crippen LogP contribution in [0.25, 0.3) is 10.8 Å². The van der Waals surface area contributed by atoms with E-state index >= 15 is 0 Å². The third kappa shape index (κ3) is 3.42. The summed E-state index contributed by atoms with van der Waals surface area (Å²) < 4.78 is 22.5. The third-order valence-corrected chi connectivity index (χ3v) is 5.57. The average Bonchev–Trinajstić information content (AvgIpc) is 3.17. The number of rotatable bonds is 6. The highest BCUT2D eigenvalue weighted by Crippen LogP contribution is 2.41. The molecule has 1 aromatic heterocycles. The van der Waals surface area contributed by atoms with Crippen LogP contribution < -0.4 is 14.2 Å². The van der Waals surface area contributed by atoms with Crippen LogP contribution in [0.1, 0.15) is 36.6 Å². The van der Waals surface area contributed by atoms with Crippen molar-refractivity contribution in [3.8, 4) is 17.2 Å². The summed E-state index contributed by atoms with van der Waals surface area (Å²) in [7, 11) is 4.93. The van der Waals surface area contributed by atoms with Gasteiger partial charge in [-0.15, -0.1) is 0 Å². The molecule has 0 radical (unpaired) electrons. The van der Waals surface area contributed by atoms with Crippen molar-refractivity contribution < 1.29 is 18.6 Å². The van der Waals surface area contributed by atoms with Gasteiger partial charge in [-0.05, 0) is 37.1 Å². The second kappa shape index (κ2) is 8.15. The summed E-state index contributed by atoms with van der Waals surface area (Å²) in [5, 5.41) is 2.38. The summed E-state index contributed by atoms with van der Waals surface area (Å²) in [6, 6.07) is 12.7. The van der Waals surface area contributed by atoms with E-state index in [1.54, 1.807) is 21.3 Å². The number of piperidine rings is 1. The fourth-order valence-electron chi connectivity index (χ4n) is 4.21. The highest BCUT2D eigenvalue weighted by atomic mass is 16.5. The number of furan rings is 1. The monoisotopic (exact) mass is 381 g/mol. The molecule has 5 nitrogen and oxygen atoms in total. The molecule has 2 aromatic carbocycles. The molecule has 0 bridgehead atoms. The van der Waals surface area contributed by atoms with Gasteiger partial charge in [-0.1, -0.05) is 30.7 Å². The molecule has 0 aliphatic carbocycles. The molecule has 1 fully saturated rings. The number of methoxy groups -OCH3 is 3. The van der Waals surface area contributed by atoms with Gasteiger partial charge in [0.05, 0.1) is 33.6 Å². The van der Waals surface area contributed by atoms with Gasteiger partial charge in [0.1, 0.15) is 5.76 Å². The summed E-state index contributed by atoms with van der Waals surface area (Å²) in [4.78, 5) is 2.50. The van der Waals surface area contributed by atoms with E-state index in [-0.39, 0.29) is 6.04 Å². The number of nitrogens with zero attached hydrogens (tertiary/aromatic N) is 1. The van der Waals surface area contributed by atoms with Gasteiger partial charge in [-0.25, -0.2) is 0 Å². The van der Waals surface area contributed by atoms with Gasteiger partial charge in [-0.3, -0.25) is 4.90 Å². The van der Waals surface area contributed by atoms with Crippen molar-refractivity contribution >= 4 is 10.8 Å². The van der Waals surface area contributed by atoms with E-state index < -0.39 is 0 Å². The summed E-state index contributed by atoms with van der Waals surface area (Å²) in [5.41, 5.74) is 1.14. The first-order chi connectivity index (χ1) is 13.7. The van der Waals surface area contributed by atoms with Crippen LogP contribution in [0.15, 0.2) is 47.1 Å². The van der Waals surface area contributed by atoms with Gasteiger partial charge < -0.3 is 18.6 Å². The predicted molar refractivity (Wildman–Crippen MR) is 109 cm³/mol. The summed E-state index contributed by atoms with van der Waals surface area (Å²) in [6.07, 6.45) is 5.38. The van der Waals surface area contributed by atoms with E-state index in [9.17, 15) is 0 Å². The molecule has 0 N–H and O–H groups in total. The second-order valence-corrected chi connectivity index (χ2v) is 7.20. The van der Waals surface area contributed by atoms with Crippen molar-refractivity contribution in [3.63, 3.8) is 0 Å². The fourth-order valence-corrected chi connectivity index (χ4v) is 4.21. The normalized spacial score (nSPS) is 17.6. The Labute approximate surface area is 165 Å². The highest BCUT2D eigenvalue weighted by molar-refractivity contribution is 5.84. The molecule has 28 heavy (non-hydrogen) atoms. The minimum Gasteiger partial charge on any atom is -0.493 e. The summed E-state index contributed by atoms with van der Waals surface area (Å²) in [6.45, 7) is 1.84. The van der Waals surface area contributed by atoms with Gasteiger partial charge in [0.2, 0.25) is 5.75 Å². The number of fused-ring (bicyclic) bond motifs is 1. The molecule has 1 unspecified atom stereocenters. The van der Waals surface area contributed by atoms with Crippen LogP contribution in [-0.2, 0) is 6.54 Å². The highest BCUT2D eigenvalue weighted by Gasteiger charge is 2.28. The second-order valence-electron chi connectivity index (χ2n) is 7.20. The van der Waals surface area contributed by atoms with Gasteiger partial charge in [-0.2, -0.15) is 0 Å². The van der Waals surface area contributed by atoms with Gasteiger partial charge in [0.25, 0.3) is 0 Å². The lowest BCUT2D eigenvalue weighted by Crippen LogP contribution is -2.32. The number of ether oxygens (including phenoxy) is 3. The number of hydrogen-bond acceptors (Lipinski definition) is 5. The SMILES string of the molecule is COc1cc(CN2CCCCC2c2occ3ccccc23)cc(OC)c1OC. The van der Waals surface area contributed by atoms with Crippen LogP contribution >= 0.6 is 0 Å². The minimum atomic E-state index is 0.271. The lowest BCUT2D eigenvalue weighted by Gasteiger charge is -2.35. The van der Waals surface area contributed by atoms with Crippen LogP contribution in [0.3, 0.4) is 0 Å². The van der Waals surface area contributed by atoms with Gasteiger partial charge >= 0.3 is 0 Å². The number of benzene rings is 2. The van der Waals surface area contributed by atoms with Crippen molar-refractivity contribution in [3.05, 3.63) is 54.0 Å². The molecule has 148 valence electrons. The van der Waals surface area contributed by atoms with Crippen molar-refractivity contribution in [2.45, 2.75) is 31.8 Å². The fraction of sp³-hybridized carbons (Fsp3) is 0.391. The first-order valence-corrected chi connectivity index (χ1v) is 9.74. The topological polar surface area (TPSA) is 44.1 Å². The molecule has 3 aromatic rings. The predicted octanol–water partition coefficient (Wildman–Crippen LogP) is 5.19. The van der Waals surface area contributed by atoms with Gasteiger partial charge in [0.15, 0.2) is 11.5 Å². The largest absolute Gasteiger partial charge is 0.493 e. The zero-order chi connectivity index (χ0) is 19.5. The molecule has 1 saturated heterocycles. The molecule has 5 heteroatoms. The van der Waals surface area contributed by atoms with E-state index in [1.807, 2.05) is 18.4 Å². The zero-order valence-electron chi connectivity index (χ0n) is 16.7. The van der Waals surface area contributed by atoms with Crippen LogP contribution in [0, 0.1) is 0 Å². The Balaban J connectivity index is 1.66. The molecule has 2 heterocycles. The molecule has 1 atom stereocenters. The van der Waals surface area contributed by atoms with Crippen molar-refractivity contribution in [1.82, 2.24) is 4.90 Å². The molecule has 0 spiro atoms. The Morgan fingerprint density at radius 3 is 2.46 bits per heavy atom. The molecule has 0 saturated carbocycles. The smallest absolute Gasteiger partial charge is 0.203 e. The molecule has 1 aliphatic rings. The van der Waals surface area contributed by atoms with Crippen molar-refractivity contribution in [2.75, 3.05) is 27.9 Å². The molecule has 1 aliphatic heterocycles. The maximum atomic E-state index is 6.04. The molecule has 4 rings (SSSR count). The van der Waals surface area contributed by atoms with Crippen molar-refractivity contribution in [2.24, 2.45) is 0 Å². The summed E-state index contributed by atoms with van der Waals surface area (Å²) in [5.74, 6) is 3.08. The Bertz CT molecular complexity index is 924. The Hall–Kier alpha value is -2.66. The lowest BCUT2D eigenvalue weighted by atomic mass is 9.97. The maximum Gasteiger partial charge on any atom is 0.203 e. The Kier molecular flexibility index (Phi) is 5.44. The first-order valence-electron chi connectivity index (χ1n) is 9.74.